The van der Waals surface area contributed by atoms with E-state index in [0.717, 1.165) is 25.1 Å². The van der Waals surface area contributed by atoms with Crippen LogP contribution >= 0.6 is 0 Å². The fraction of sp³-hybridized carbons (Fsp3) is 0.600. The number of alkyl halides is 3. The Morgan fingerprint density at radius 1 is 0.925 bits per heavy atom. The smallest absolute Gasteiger partial charge is 0.416 e. The summed E-state index contributed by atoms with van der Waals surface area (Å²) in [7, 11) is 1.70. The predicted molar refractivity (Wildman–Crippen MR) is 146 cm³/mol. The molecule has 7 nitrogen and oxygen atoms in total. The van der Waals surface area contributed by atoms with E-state index in [0.29, 0.717) is 54.9 Å². The highest BCUT2D eigenvalue weighted by molar-refractivity contribution is 5.92. The van der Waals surface area contributed by atoms with Gasteiger partial charge >= 0.3 is 12.2 Å². The molecule has 0 spiro atoms. The highest BCUT2D eigenvalue weighted by Gasteiger charge is 2.37. The fourth-order valence-electron chi connectivity index (χ4n) is 6.17. The molecule has 5 rings (SSSR count). The Balaban J connectivity index is 1.12. The molecule has 1 aromatic carbocycles. The number of nitrogens with one attached hydrogen (secondary N) is 1. The number of urea groups is 1. The summed E-state index contributed by atoms with van der Waals surface area (Å²) in [4.78, 5) is 31.7. The maximum absolute atomic E-state index is 13.3. The van der Waals surface area contributed by atoms with Gasteiger partial charge < -0.3 is 24.4 Å². The van der Waals surface area contributed by atoms with Crippen molar-refractivity contribution < 1.29 is 27.2 Å². The van der Waals surface area contributed by atoms with Gasteiger partial charge in [-0.05, 0) is 68.2 Å². The summed E-state index contributed by atoms with van der Waals surface area (Å²) >= 11 is 0. The molecular formula is C30H39F3N4O3. The van der Waals surface area contributed by atoms with Crippen LogP contribution in [-0.4, -0.2) is 78.0 Å². The zero-order chi connectivity index (χ0) is 28.7. The quantitative estimate of drug-likeness (QED) is 0.497. The molecule has 3 aliphatic rings. The molecule has 1 N–H and O–H groups in total. The van der Waals surface area contributed by atoms with Crippen molar-refractivity contribution in [2.24, 2.45) is 5.41 Å². The Labute approximate surface area is 233 Å². The molecule has 2 saturated heterocycles. The number of amides is 3. The number of rotatable bonds is 5. The topological polar surface area (TPSA) is 69.0 Å². The van der Waals surface area contributed by atoms with Gasteiger partial charge in [-0.3, -0.25) is 4.79 Å². The van der Waals surface area contributed by atoms with Gasteiger partial charge in [-0.2, -0.15) is 13.2 Å². The van der Waals surface area contributed by atoms with Crippen molar-refractivity contribution in [3.8, 4) is 11.3 Å². The zero-order valence-corrected chi connectivity index (χ0v) is 23.5. The molecular weight excluding hydrogens is 521 g/mol. The van der Waals surface area contributed by atoms with Gasteiger partial charge in [0, 0.05) is 50.9 Å². The molecule has 1 aliphatic carbocycles. The molecule has 1 aromatic heterocycles. The van der Waals surface area contributed by atoms with Gasteiger partial charge in [0.25, 0.3) is 5.91 Å². The first-order valence-electron chi connectivity index (χ1n) is 14.2. The molecule has 10 heteroatoms. The van der Waals surface area contributed by atoms with E-state index >= 15 is 0 Å². The Hall–Kier alpha value is -3.01. The number of carbonyl (C=O) groups excluding carboxylic acids is 2. The van der Waals surface area contributed by atoms with Crippen molar-refractivity contribution in [3.05, 3.63) is 47.7 Å². The second kappa shape index (κ2) is 11.1. The van der Waals surface area contributed by atoms with E-state index in [-0.39, 0.29) is 23.7 Å². The molecule has 3 fully saturated rings. The molecule has 2 aromatic rings. The normalized spacial score (nSPS) is 23.6. The molecule has 2 aliphatic heterocycles. The van der Waals surface area contributed by atoms with Gasteiger partial charge in [-0.25, -0.2) is 4.79 Å². The number of halogens is 3. The minimum absolute atomic E-state index is 0.0278. The van der Waals surface area contributed by atoms with Gasteiger partial charge in [-0.15, -0.1) is 0 Å². The van der Waals surface area contributed by atoms with Crippen molar-refractivity contribution in [1.82, 2.24) is 20.0 Å². The summed E-state index contributed by atoms with van der Waals surface area (Å²) in [5.74, 6) is 0.114. The maximum Gasteiger partial charge on any atom is 0.416 e. The molecule has 0 unspecified atom stereocenters. The highest BCUT2D eigenvalue weighted by atomic mass is 19.4. The number of likely N-dealkylation sites (tertiary alicyclic amines) is 2. The van der Waals surface area contributed by atoms with Crippen LogP contribution in [0.3, 0.4) is 0 Å². The third kappa shape index (κ3) is 6.32. The largest absolute Gasteiger partial charge is 0.451 e. The Kier molecular flexibility index (Phi) is 7.92. The third-order valence-electron chi connectivity index (χ3n) is 8.88. The average molecular weight is 561 g/mol. The second-order valence-corrected chi connectivity index (χ2v) is 12.4. The zero-order valence-electron chi connectivity index (χ0n) is 23.5. The van der Waals surface area contributed by atoms with Crippen molar-refractivity contribution in [1.29, 1.82) is 0 Å². The van der Waals surface area contributed by atoms with E-state index in [1.54, 1.807) is 18.0 Å². The number of hydrogen-bond acceptors (Lipinski definition) is 4. The minimum Gasteiger partial charge on any atom is -0.451 e. The van der Waals surface area contributed by atoms with E-state index in [2.05, 4.69) is 19.2 Å². The van der Waals surface area contributed by atoms with E-state index in [1.165, 1.54) is 43.9 Å². The van der Waals surface area contributed by atoms with Crippen molar-refractivity contribution in [2.45, 2.75) is 76.7 Å². The molecule has 40 heavy (non-hydrogen) atoms. The Morgan fingerprint density at radius 3 is 2.25 bits per heavy atom. The van der Waals surface area contributed by atoms with Crippen LogP contribution in [0.2, 0.25) is 0 Å². The lowest BCUT2D eigenvalue weighted by atomic mass is 9.75. The summed E-state index contributed by atoms with van der Waals surface area (Å²) < 4.78 is 44.3. The summed E-state index contributed by atoms with van der Waals surface area (Å²) in [6.45, 7) is 7.17. The van der Waals surface area contributed by atoms with Crippen LogP contribution < -0.4 is 5.32 Å². The van der Waals surface area contributed by atoms with Crippen molar-refractivity contribution in [2.75, 3.05) is 33.2 Å². The molecule has 3 heterocycles. The van der Waals surface area contributed by atoms with Gasteiger partial charge in [0.1, 0.15) is 5.76 Å². The number of hydrogen-bond donors (Lipinski definition) is 1. The number of nitrogens with zero attached hydrogens (tertiary/aromatic N) is 3. The first-order valence-corrected chi connectivity index (χ1v) is 14.2. The number of furan rings is 1. The van der Waals surface area contributed by atoms with Gasteiger partial charge in [-0.1, -0.05) is 26.0 Å². The third-order valence-corrected chi connectivity index (χ3v) is 8.88. The molecule has 218 valence electrons. The van der Waals surface area contributed by atoms with Gasteiger partial charge in [0.05, 0.1) is 11.6 Å². The standard InChI is InChI=1S/C30H39F3N4O3/c1-29(2)14-10-22(11-15-29)34-23-12-16-36(18-23)28(39)37-17-13-24(19-37)35(3)27(38)26-9-8-25(40-26)20-4-6-21(7-5-20)30(31,32)33/h4-9,22-24,34H,10-19H2,1-3H3/t23-,24+/m1/s1. The summed E-state index contributed by atoms with van der Waals surface area (Å²) in [5, 5.41) is 3.79. The van der Waals surface area contributed by atoms with Crippen LogP contribution in [-0.2, 0) is 6.18 Å². The lowest BCUT2D eigenvalue weighted by Gasteiger charge is -2.36. The van der Waals surface area contributed by atoms with Gasteiger partial charge in [0.15, 0.2) is 5.76 Å². The average Bonchev–Trinajstić information content (AvgIpc) is 3.69. The first kappa shape index (κ1) is 28.5. The van der Waals surface area contributed by atoms with Crippen LogP contribution in [0, 0.1) is 5.41 Å². The summed E-state index contributed by atoms with van der Waals surface area (Å²) in [5.41, 5.74) is 0.147. The van der Waals surface area contributed by atoms with Crippen LogP contribution in [0.4, 0.5) is 18.0 Å². The van der Waals surface area contributed by atoms with Crippen LogP contribution in [0.5, 0.6) is 0 Å². The number of benzene rings is 1. The molecule has 1 saturated carbocycles. The van der Waals surface area contributed by atoms with E-state index < -0.39 is 11.7 Å². The van der Waals surface area contributed by atoms with Crippen molar-refractivity contribution >= 4 is 11.9 Å². The molecule has 3 amide bonds. The predicted octanol–water partition coefficient (Wildman–Crippen LogP) is 5.86. The Bertz CT molecular complexity index is 1200. The van der Waals surface area contributed by atoms with Crippen LogP contribution in [0.1, 0.15) is 68.5 Å². The van der Waals surface area contributed by atoms with Crippen molar-refractivity contribution in [3.63, 3.8) is 0 Å². The van der Waals surface area contributed by atoms with E-state index in [4.69, 9.17) is 4.42 Å². The summed E-state index contributed by atoms with van der Waals surface area (Å²) in [6.07, 6.45) is 2.06. The van der Waals surface area contributed by atoms with Crippen LogP contribution in [0.25, 0.3) is 11.3 Å². The summed E-state index contributed by atoms with van der Waals surface area (Å²) in [6, 6.07) is 8.51. The first-order chi connectivity index (χ1) is 18.9. The highest BCUT2D eigenvalue weighted by Crippen LogP contribution is 2.35. The second-order valence-electron chi connectivity index (χ2n) is 12.4. The minimum atomic E-state index is -4.41. The molecule has 2 atom stereocenters. The maximum atomic E-state index is 13.3. The van der Waals surface area contributed by atoms with Gasteiger partial charge in [0.2, 0.25) is 0 Å². The Morgan fingerprint density at radius 2 is 1.57 bits per heavy atom. The SMILES string of the molecule is CN(C(=O)c1ccc(-c2ccc(C(F)(F)F)cc2)o1)[C@H]1CCN(C(=O)N2CC[C@@H](NC3CCC(C)(C)CC3)C2)C1. The van der Waals surface area contributed by atoms with E-state index in [9.17, 15) is 22.8 Å². The van der Waals surface area contributed by atoms with E-state index in [1.807, 2.05) is 9.80 Å². The number of likely N-dealkylation sites (N-methyl/N-ethyl adjacent to an activating group) is 1. The lowest BCUT2D eigenvalue weighted by Crippen LogP contribution is -2.46. The lowest BCUT2D eigenvalue weighted by molar-refractivity contribution is -0.137. The molecule has 0 bridgehead atoms. The number of carbonyl (C=O) groups is 2. The van der Waals surface area contributed by atoms with Crippen LogP contribution in [0.15, 0.2) is 40.8 Å². The fourth-order valence-corrected chi connectivity index (χ4v) is 6.17. The monoisotopic (exact) mass is 560 g/mol. The molecule has 0 radical (unpaired) electrons.